The summed E-state index contributed by atoms with van der Waals surface area (Å²) in [6.45, 7) is 0. The predicted molar refractivity (Wildman–Crippen MR) is 69.7 cm³/mol. The van der Waals surface area contributed by atoms with E-state index in [4.69, 9.17) is 5.73 Å². The molecule has 0 aliphatic heterocycles. The fourth-order valence-electron chi connectivity index (χ4n) is 1.65. The molecule has 0 atom stereocenters. The quantitative estimate of drug-likeness (QED) is 0.944. The Morgan fingerprint density at radius 1 is 1.29 bits per heavy atom. The van der Waals surface area contributed by atoms with E-state index in [1.807, 2.05) is 36.4 Å². The first-order chi connectivity index (χ1) is 8.16. The molecule has 0 saturated carbocycles. The average Bonchev–Trinajstić information content (AvgIpc) is 2.30. The lowest BCUT2D eigenvalue weighted by Crippen LogP contribution is -2.16. The van der Waals surface area contributed by atoms with Crippen molar-refractivity contribution < 1.29 is 4.79 Å². The standard InChI is InChI=1S/C13H11BrN2O/c14-11-7-10(12(13(15)17)16-8-11)6-9-4-2-1-3-5-9/h1-5,7-8H,6H2,(H2,15,17). The summed E-state index contributed by atoms with van der Waals surface area (Å²) in [4.78, 5) is 15.3. The number of rotatable bonds is 3. The molecule has 0 radical (unpaired) electrons. The van der Waals surface area contributed by atoms with Crippen LogP contribution in [0.1, 0.15) is 21.6 Å². The molecular formula is C13H11BrN2O. The van der Waals surface area contributed by atoms with Gasteiger partial charge in [0, 0.05) is 10.7 Å². The molecule has 0 saturated heterocycles. The van der Waals surface area contributed by atoms with Crippen LogP contribution in [0.4, 0.5) is 0 Å². The zero-order chi connectivity index (χ0) is 12.3. The van der Waals surface area contributed by atoms with Gasteiger partial charge in [-0.25, -0.2) is 4.98 Å². The van der Waals surface area contributed by atoms with Crippen molar-refractivity contribution in [3.05, 3.63) is 63.9 Å². The van der Waals surface area contributed by atoms with Gasteiger partial charge >= 0.3 is 0 Å². The zero-order valence-electron chi connectivity index (χ0n) is 9.06. The third-order valence-electron chi connectivity index (χ3n) is 2.40. The van der Waals surface area contributed by atoms with Gasteiger partial charge in [0.25, 0.3) is 5.91 Å². The third-order valence-corrected chi connectivity index (χ3v) is 2.84. The number of amides is 1. The van der Waals surface area contributed by atoms with Crippen LogP contribution in [0.25, 0.3) is 0 Å². The summed E-state index contributed by atoms with van der Waals surface area (Å²) in [7, 11) is 0. The average molecular weight is 291 g/mol. The molecule has 2 aromatic rings. The minimum Gasteiger partial charge on any atom is -0.364 e. The summed E-state index contributed by atoms with van der Waals surface area (Å²) in [6.07, 6.45) is 2.22. The second kappa shape index (κ2) is 5.10. The van der Waals surface area contributed by atoms with E-state index in [-0.39, 0.29) is 0 Å². The molecule has 86 valence electrons. The van der Waals surface area contributed by atoms with Crippen LogP contribution in [-0.2, 0) is 6.42 Å². The molecule has 0 fully saturated rings. The van der Waals surface area contributed by atoms with Crippen molar-refractivity contribution in [2.75, 3.05) is 0 Å². The van der Waals surface area contributed by atoms with Crippen molar-refractivity contribution in [2.45, 2.75) is 6.42 Å². The van der Waals surface area contributed by atoms with Crippen molar-refractivity contribution >= 4 is 21.8 Å². The van der Waals surface area contributed by atoms with Crippen molar-refractivity contribution in [1.29, 1.82) is 0 Å². The number of benzene rings is 1. The zero-order valence-corrected chi connectivity index (χ0v) is 10.6. The van der Waals surface area contributed by atoms with E-state index in [9.17, 15) is 4.79 Å². The molecule has 0 aliphatic carbocycles. The van der Waals surface area contributed by atoms with E-state index in [0.29, 0.717) is 12.1 Å². The van der Waals surface area contributed by atoms with Gasteiger partial charge in [0.1, 0.15) is 5.69 Å². The van der Waals surface area contributed by atoms with Gasteiger partial charge < -0.3 is 5.73 Å². The van der Waals surface area contributed by atoms with Crippen LogP contribution >= 0.6 is 15.9 Å². The highest BCUT2D eigenvalue weighted by molar-refractivity contribution is 9.10. The lowest BCUT2D eigenvalue weighted by molar-refractivity contribution is 0.0994. The van der Waals surface area contributed by atoms with Crippen LogP contribution in [0, 0.1) is 0 Å². The van der Waals surface area contributed by atoms with Gasteiger partial charge in [-0.2, -0.15) is 0 Å². The Kier molecular flexibility index (Phi) is 3.54. The van der Waals surface area contributed by atoms with E-state index < -0.39 is 5.91 Å². The Hall–Kier alpha value is -1.68. The van der Waals surface area contributed by atoms with Crippen LogP contribution in [0.15, 0.2) is 47.1 Å². The van der Waals surface area contributed by atoms with Crippen molar-refractivity contribution in [2.24, 2.45) is 5.73 Å². The molecule has 0 spiro atoms. The maximum Gasteiger partial charge on any atom is 0.267 e. The Morgan fingerprint density at radius 3 is 2.65 bits per heavy atom. The topological polar surface area (TPSA) is 56.0 Å². The smallest absolute Gasteiger partial charge is 0.267 e. The highest BCUT2D eigenvalue weighted by Gasteiger charge is 2.10. The summed E-state index contributed by atoms with van der Waals surface area (Å²) < 4.78 is 0.841. The molecule has 3 nitrogen and oxygen atoms in total. The number of pyridine rings is 1. The first-order valence-electron chi connectivity index (χ1n) is 5.15. The molecule has 2 N–H and O–H groups in total. The first-order valence-corrected chi connectivity index (χ1v) is 5.94. The lowest BCUT2D eigenvalue weighted by Gasteiger charge is -2.06. The summed E-state index contributed by atoms with van der Waals surface area (Å²) >= 11 is 3.34. The Morgan fingerprint density at radius 2 is 2.00 bits per heavy atom. The highest BCUT2D eigenvalue weighted by Crippen LogP contribution is 2.17. The van der Waals surface area contributed by atoms with Gasteiger partial charge in [-0.3, -0.25) is 4.79 Å². The summed E-state index contributed by atoms with van der Waals surface area (Å²) in [5.74, 6) is -0.497. The molecule has 4 heteroatoms. The van der Waals surface area contributed by atoms with E-state index in [0.717, 1.165) is 15.6 Å². The number of hydrogen-bond donors (Lipinski definition) is 1. The number of hydrogen-bond acceptors (Lipinski definition) is 2. The van der Waals surface area contributed by atoms with Gasteiger partial charge in [-0.05, 0) is 39.5 Å². The number of aromatic nitrogens is 1. The summed E-state index contributed by atoms with van der Waals surface area (Å²) in [6, 6.07) is 11.8. The van der Waals surface area contributed by atoms with Crippen LogP contribution < -0.4 is 5.73 Å². The SMILES string of the molecule is NC(=O)c1ncc(Br)cc1Cc1ccccc1. The summed E-state index contributed by atoms with van der Waals surface area (Å²) in [5, 5.41) is 0. The normalized spacial score (nSPS) is 10.2. The largest absolute Gasteiger partial charge is 0.364 e. The van der Waals surface area contributed by atoms with Crippen LogP contribution in [0.2, 0.25) is 0 Å². The minimum atomic E-state index is -0.497. The number of halogens is 1. The van der Waals surface area contributed by atoms with E-state index in [2.05, 4.69) is 20.9 Å². The molecule has 2 rings (SSSR count). The second-order valence-electron chi connectivity index (χ2n) is 3.69. The molecule has 0 unspecified atom stereocenters. The molecule has 1 aromatic heterocycles. The molecule has 1 amide bonds. The number of primary amides is 1. The monoisotopic (exact) mass is 290 g/mol. The third kappa shape index (κ3) is 2.91. The number of carbonyl (C=O) groups is 1. The first kappa shape index (κ1) is 11.8. The van der Waals surface area contributed by atoms with E-state index in [1.54, 1.807) is 6.20 Å². The van der Waals surface area contributed by atoms with Gasteiger partial charge in [-0.15, -0.1) is 0 Å². The van der Waals surface area contributed by atoms with Gasteiger partial charge in [0.15, 0.2) is 0 Å². The molecule has 1 heterocycles. The van der Waals surface area contributed by atoms with Gasteiger partial charge in [-0.1, -0.05) is 30.3 Å². The minimum absolute atomic E-state index is 0.331. The van der Waals surface area contributed by atoms with Crippen molar-refractivity contribution in [3.8, 4) is 0 Å². The molecule has 0 bridgehead atoms. The Labute approximate surface area is 108 Å². The van der Waals surface area contributed by atoms with E-state index in [1.165, 1.54) is 0 Å². The fraction of sp³-hybridized carbons (Fsp3) is 0.0769. The van der Waals surface area contributed by atoms with Crippen LogP contribution in [0.3, 0.4) is 0 Å². The maximum atomic E-state index is 11.3. The number of carbonyl (C=O) groups excluding carboxylic acids is 1. The molecule has 0 aliphatic rings. The number of nitrogens with zero attached hydrogens (tertiary/aromatic N) is 1. The lowest BCUT2D eigenvalue weighted by atomic mass is 10.0. The predicted octanol–water partition coefficient (Wildman–Crippen LogP) is 2.53. The molecule has 1 aromatic carbocycles. The van der Waals surface area contributed by atoms with E-state index >= 15 is 0 Å². The van der Waals surface area contributed by atoms with Crippen molar-refractivity contribution in [3.63, 3.8) is 0 Å². The highest BCUT2D eigenvalue weighted by atomic mass is 79.9. The second-order valence-corrected chi connectivity index (χ2v) is 4.60. The fourth-order valence-corrected chi connectivity index (χ4v) is 2.03. The van der Waals surface area contributed by atoms with Crippen LogP contribution in [-0.4, -0.2) is 10.9 Å². The number of nitrogens with two attached hydrogens (primary N) is 1. The Balaban J connectivity index is 2.37. The van der Waals surface area contributed by atoms with Gasteiger partial charge in [0.2, 0.25) is 0 Å². The summed E-state index contributed by atoms with van der Waals surface area (Å²) in [5.41, 5.74) is 7.58. The Bertz CT molecular complexity index is 540. The van der Waals surface area contributed by atoms with Gasteiger partial charge in [0.05, 0.1) is 0 Å². The van der Waals surface area contributed by atoms with Crippen LogP contribution in [0.5, 0.6) is 0 Å². The maximum absolute atomic E-state index is 11.3. The molecule has 17 heavy (non-hydrogen) atoms. The van der Waals surface area contributed by atoms with Crippen molar-refractivity contribution in [1.82, 2.24) is 4.98 Å². The molecular weight excluding hydrogens is 280 g/mol.